The lowest BCUT2D eigenvalue weighted by Crippen LogP contribution is -2.55. The van der Waals surface area contributed by atoms with Gasteiger partial charge < -0.3 is 10.0 Å². The summed E-state index contributed by atoms with van der Waals surface area (Å²) < 4.78 is 51.5. The Balaban J connectivity index is 2.34. The molecule has 1 amide bonds. The predicted molar refractivity (Wildman–Crippen MR) is 74.9 cm³/mol. The number of alkyl halides is 2. The highest BCUT2D eigenvalue weighted by atomic mass is 19.3. The van der Waals surface area contributed by atoms with Crippen molar-refractivity contribution in [3.8, 4) is 0 Å². The van der Waals surface area contributed by atoms with Gasteiger partial charge in [0, 0.05) is 25.3 Å². The molecule has 0 aromatic heterocycles. The highest BCUT2D eigenvalue weighted by Crippen LogP contribution is 2.35. The second-order valence-corrected chi connectivity index (χ2v) is 5.29. The molecule has 1 aromatic rings. The summed E-state index contributed by atoms with van der Waals surface area (Å²) in [6.07, 6.45) is -6.76. The van der Waals surface area contributed by atoms with Crippen molar-refractivity contribution in [1.82, 2.24) is 10.4 Å². The number of rotatable bonds is 3. The Morgan fingerprint density at radius 1 is 1.30 bits per heavy atom. The summed E-state index contributed by atoms with van der Waals surface area (Å²) in [6, 6.07) is 5.85. The summed E-state index contributed by atoms with van der Waals surface area (Å²) in [6.45, 7) is 0. The fraction of sp³-hybridized carbons (Fsp3) is 0.357. The van der Waals surface area contributed by atoms with Gasteiger partial charge in [0.05, 0.1) is 6.42 Å². The van der Waals surface area contributed by atoms with Crippen molar-refractivity contribution in [2.75, 3.05) is 19.0 Å². The van der Waals surface area contributed by atoms with Crippen LogP contribution in [0.5, 0.6) is 0 Å². The van der Waals surface area contributed by atoms with Gasteiger partial charge in [-0.2, -0.15) is 8.78 Å². The Hall–Kier alpha value is -2.29. The van der Waals surface area contributed by atoms with Crippen LogP contribution in [0.4, 0.5) is 23.2 Å². The maximum Gasteiger partial charge on any atom is 0.291 e. The molecule has 0 spiro atoms. The van der Waals surface area contributed by atoms with Crippen molar-refractivity contribution >= 4 is 11.6 Å². The number of halogens is 4. The number of carbonyl (C=O) groups excluding carboxylic acids is 1. The van der Waals surface area contributed by atoms with Crippen LogP contribution in [0.25, 0.3) is 0 Å². The first kappa shape index (κ1) is 17.1. The number of hydrogen-bond donors (Lipinski definition) is 2. The van der Waals surface area contributed by atoms with E-state index in [1.165, 1.54) is 12.1 Å². The van der Waals surface area contributed by atoms with Crippen LogP contribution in [0, 0.1) is 0 Å². The number of nitrogens with zero attached hydrogens (tertiary/aromatic N) is 2. The molecule has 1 atom stereocenters. The standard InChI is InChI=1S/C14H15F4N3O2/c1-20(2)9-5-3-8(4-6-9)12(22)21-14(23,13(17)18)7-10(19-21)11(15)16/h3-6,13,19,23H,7H2,1-2H3. The SMILES string of the molecule is CN(C)c1ccc(C(=O)N2NC(=C(F)F)CC2(O)C(F)F)cc1. The molecular weight excluding hydrogens is 318 g/mol. The molecule has 0 aliphatic carbocycles. The van der Waals surface area contributed by atoms with Crippen LogP contribution in [0.3, 0.4) is 0 Å². The molecule has 5 nitrogen and oxygen atoms in total. The molecule has 23 heavy (non-hydrogen) atoms. The number of amides is 1. The summed E-state index contributed by atoms with van der Waals surface area (Å²) in [5.74, 6) is -1.03. The van der Waals surface area contributed by atoms with Gasteiger partial charge in [-0.3, -0.25) is 10.2 Å². The van der Waals surface area contributed by atoms with Crippen molar-refractivity contribution in [1.29, 1.82) is 0 Å². The molecule has 1 aliphatic rings. The van der Waals surface area contributed by atoms with Crippen LogP contribution in [0.15, 0.2) is 36.0 Å². The first-order valence-electron chi connectivity index (χ1n) is 6.60. The topological polar surface area (TPSA) is 55.8 Å². The van der Waals surface area contributed by atoms with Crippen molar-refractivity contribution in [2.45, 2.75) is 18.6 Å². The highest BCUT2D eigenvalue weighted by molar-refractivity contribution is 5.95. The molecule has 0 saturated carbocycles. The van der Waals surface area contributed by atoms with Crippen molar-refractivity contribution in [3.05, 3.63) is 41.6 Å². The third-order valence-electron chi connectivity index (χ3n) is 3.48. The fourth-order valence-corrected chi connectivity index (χ4v) is 2.15. The van der Waals surface area contributed by atoms with E-state index >= 15 is 0 Å². The van der Waals surface area contributed by atoms with Crippen molar-refractivity contribution in [2.24, 2.45) is 0 Å². The molecule has 1 fully saturated rings. The molecule has 1 saturated heterocycles. The number of hydrazine groups is 1. The number of carbonyl (C=O) groups is 1. The van der Waals surface area contributed by atoms with Crippen LogP contribution >= 0.6 is 0 Å². The largest absolute Gasteiger partial charge is 0.378 e. The van der Waals surface area contributed by atoms with E-state index < -0.39 is 36.3 Å². The predicted octanol–water partition coefficient (Wildman–Crippen LogP) is 2.16. The Bertz CT molecular complexity index is 629. The summed E-state index contributed by atoms with van der Waals surface area (Å²) >= 11 is 0. The third kappa shape index (κ3) is 3.09. The summed E-state index contributed by atoms with van der Waals surface area (Å²) in [4.78, 5) is 14.1. The number of anilines is 1. The Kier molecular flexibility index (Phi) is 4.51. The molecule has 0 bridgehead atoms. The van der Waals surface area contributed by atoms with E-state index in [0.717, 1.165) is 5.69 Å². The molecule has 126 valence electrons. The van der Waals surface area contributed by atoms with Gasteiger partial charge in [0.25, 0.3) is 18.4 Å². The zero-order chi connectivity index (χ0) is 17.4. The zero-order valence-electron chi connectivity index (χ0n) is 12.4. The Morgan fingerprint density at radius 3 is 2.30 bits per heavy atom. The van der Waals surface area contributed by atoms with Crippen LogP contribution in [0.2, 0.25) is 0 Å². The van der Waals surface area contributed by atoms with Crippen LogP contribution in [-0.2, 0) is 0 Å². The summed E-state index contributed by atoms with van der Waals surface area (Å²) in [7, 11) is 3.55. The Labute approximate surface area is 129 Å². The molecule has 9 heteroatoms. The third-order valence-corrected chi connectivity index (χ3v) is 3.48. The fourth-order valence-electron chi connectivity index (χ4n) is 2.15. The van der Waals surface area contributed by atoms with Gasteiger partial charge in [0.15, 0.2) is 0 Å². The van der Waals surface area contributed by atoms with E-state index in [0.29, 0.717) is 0 Å². The van der Waals surface area contributed by atoms with Crippen molar-refractivity contribution in [3.63, 3.8) is 0 Å². The van der Waals surface area contributed by atoms with Gasteiger partial charge >= 0.3 is 0 Å². The Morgan fingerprint density at radius 2 is 1.87 bits per heavy atom. The quantitative estimate of drug-likeness (QED) is 0.833. The summed E-state index contributed by atoms with van der Waals surface area (Å²) in [5.41, 5.74) is -1.34. The van der Waals surface area contributed by atoms with Gasteiger partial charge in [0.2, 0.25) is 5.72 Å². The lowest BCUT2D eigenvalue weighted by molar-refractivity contribution is -0.168. The molecule has 0 radical (unpaired) electrons. The van der Waals surface area contributed by atoms with Crippen molar-refractivity contribution < 1.29 is 27.5 Å². The highest BCUT2D eigenvalue weighted by Gasteiger charge is 2.53. The number of hydrogen-bond acceptors (Lipinski definition) is 4. The van der Waals surface area contributed by atoms with Gasteiger partial charge in [-0.25, -0.2) is 13.8 Å². The molecule has 1 unspecified atom stereocenters. The smallest absolute Gasteiger partial charge is 0.291 e. The van der Waals surface area contributed by atoms with Gasteiger partial charge in [0.1, 0.15) is 5.70 Å². The van der Waals surface area contributed by atoms with E-state index in [1.54, 1.807) is 31.1 Å². The van der Waals surface area contributed by atoms with Crippen LogP contribution in [0.1, 0.15) is 16.8 Å². The van der Waals surface area contributed by atoms with Gasteiger partial charge in [-0.05, 0) is 24.3 Å². The zero-order valence-corrected chi connectivity index (χ0v) is 12.4. The lowest BCUT2D eigenvalue weighted by atomic mass is 10.1. The molecule has 1 heterocycles. The van der Waals surface area contributed by atoms with Crippen LogP contribution in [-0.4, -0.2) is 42.3 Å². The van der Waals surface area contributed by atoms with Gasteiger partial charge in [-0.15, -0.1) is 0 Å². The molecule has 2 rings (SSSR count). The monoisotopic (exact) mass is 333 g/mol. The average Bonchev–Trinajstić information content (AvgIpc) is 2.86. The van der Waals surface area contributed by atoms with E-state index in [9.17, 15) is 27.5 Å². The first-order valence-corrected chi connectivity index (χ1v) is 6.60. The molecule has 1 aliphatic heterocycles. The van der Waals surface area contributed by atoms with E-state index in [1.807, 2.05) is 5.43 Å². The van der Waals surface area contributed by atoms with E-state index in [2.05, 4.69) is 0 Å². The first-order chi connectivity index (χ1) is 10.7. The molecular formula is C14H15F4N3O2. The van der Waals surface area contributed by atoms with Gasteiger partial charge in [-0.1, -0.05) is 0 Å². The normalized spacial score (nSPS) is 20.7. The second kappa shape index (κ2) is 6.07. The second-order valence-electron chi connectivity index (χ2n) is 5.29. The molecule has 1 aromatic carbocycles. The van der Waals surface area contributed by atoms with Crippen LogP contribution < -0.4 is 10.3 Å². The maximum absolute atomic E-state index is 13.1. The number of aliphatic hydroxyl groups is 1. The minimum absolute atomic E-state index is 0.0253. The minimum atomic E-state index is -3.42. The minimum Gasteiger partial charge on any atom is -0.378 e. The van der Waals surface area contributed by atoms with E-state index in [4.69, 9.17) is 0 Å². The average molecular weight is 333 g/mol. The number of nitrogens with one attached hydrogen (secondary N) is 1. The van der Waals surface area contributed by atoms with E-state index in [-0.39, 0.29) is 10.6 Å². The number of benzene rings is 1. The lowest BCUT2D eigenvalue weighted by Gasteiger charge is -2.31. The maximum atomic E-state index is 13.1. The summed E-state index contributed by atoms with van der Waals surface area (Å²) in [5, 5.41) is 10.1. The molecule has 2 N–H and O–H groups in total.